The molecule has 3 aromatic rings. The number of rotatable bonds is 4. The van der Waals surface area contributed by atoms with Gasteiger partial charge in [-0.1, -0.05) is 44.0 Å². The first-order valence-electron chi connectivity index (χ1n) is 9.79. The summed E-state index contributed by atoms with van der Waals surface area (Å²) in [4.78, 5) is 19.8. The Bertz CT molecular complexity index is 1140. The maximum absolute atomic E-state index is 12.1. The summed E-state index contributed by atoms with van der Waals surface area (Å²) in [7, 11) is 0. The van der Waals surface area contributed by atoms with Crippen LogP contribution < -0.4 is 16.2 Å². The molecule has 3 N–H and O–H groups in total. The molecular weight excluding hydrogens is 457 g/mol. The van der Waals surface area contributed by atoms with Crippen LogP contribution in [-0.2, 0) is 12.0 Å². The van der Waals surface area contributed by atoms with Crippen molar-refractivity contribution in [3.8, 4) is 11.4 Å². The number of nitrogens with two attached hydrogens (primary N) is 1. The van der Waals surface area contributed by atoms with Crippen molar-refractivity contribution in [1.29, 1.82) is 0 Å². The average Bonchev–Trinajstić information content (AvgIpc) is 3.06. The molecule has 0 spiro atoms. The topological polar surface area (TPSA) is 129 Å². The molecule has 0 amide bonds. The molecule has 11 heteroatoms. The number of hydrogen-bond acceptors (Lipinski definition) is 8. The molecule has 0 atom stereocenters. The number of nitrogens with zero attached hydrogens (tertiary/aromatic N) is 4. The van der Waals surface area contributed by atoms with Crippen molar-refractivity contribution < 1.29 is 14.3 Å². The number of nitrogen functional groups attached to an aromatic ring is 1. The molecule has 0 fully saturated rings. The standard InChI is InChI=1S/C15H18Cl2N2O3.C6H9N3O/c1-8(2)21-12-7-11(9(16)6-10(12)17)19-14(20)22-13(18-19)15(3,4)5;1-4-8-2-5(3-10)6(7)9-4/h6-8H,1-5H3;2,10H,3H2,1H3,(H2,7,8,9). The maximum Gasteiger partial charge on any atom is 0.442 e. The Morgan fingerprint density at radius 2 is 1.91 bits per heavy atom. The predicted molar refractivity (Wildman–Crippen MR) is 124 cm³/mol. The van der Waals surface area contributed by atoms with Crippen molar-refractivity contribution >= 4 is 29.0 Å². The smallest absolute Gasteiger partial charge is 0.442 e. The second-order valence-electron chi connectivity index (χ2n) is 8.22. The number of halogens is 2. The van der Waals surface area contributed by atoms with Crippen molar-refractivity contribution in [2.75, 3.05) is 5.73 Å². The minimum Gasteiger partial charge on any atom is -0.489 e. The van der Waals surface area contributed by atoms with Gasteiger partial charge in [0.15, 0.2) is 0 Å². The molecule has 32 heavy (non-hydrogen) atoms. The van der Waals surface area contributed by atoms with Crippen molar-refractivity contribution in [2.24, 2.45) is 0 Å². The van der Waals surface area contributed by atoms with Crippen molar-refractivity contribution in [2.45, 2.75) is 59.7 Å². The van der Waals surface area contributed by atoms with E-state index in [0.29, 0.717) is 39.6 Å². The van der Waals surface area contributed by atoms with Crippen LogP contribution in [0, 0.1) is 6.92 Å². The van der Waals surface area contributed by atoms with E-state index in [1.54, 1.807) is 13.0 Å². The van der Waals surface area contributed by atoms with Gasteiger partial charge >= 0.3 is 5.76 Å². The van der Waals surface area contributed by atoms with Crippen LogP contribution >= 0.6 is 23.2 Å². The van der Waals surface area contributed by atoms with E-state index < -0.39 is 5.76 Å². The highest BCUT2D eigenvalue weighted by Gasteiger charge is 2.24. The lowest BCUT2D eigenvalue weighted by molar-refractivity contribution is 0.242. The fourth-order valence-corrected chi connectivity index (χ4v) is 2.90. The summed E-state index contributed by atoms with van der Waals surface area (Å²) in [5, 5.41) is 13.5. The largest absolute Gasteiger partial charge is 0.489 e. The summed E-state index contributed by atoms with van der Waals surface area (Å²) in [5.74, 6) is 1.13. The van der Waals surface area contributed by atoms with Crippen LogP contribution in [0.2, 0.25) is 10.0 Å². The number of aliphatic hydroxyl groups excluding tert-OH is 1. The van der Waals surface area contributed by atoms with E-state index in [1.165, 1.54) is 12.3 Å². The first-order valence-corrected chi connectivity index (χ1v) is 10.5. The molecular formula is C21H27Cl2N5O4. The number of hydrogen-bond donors (Lipinski definition) is 2. The normalized spacial score (nSPS) is 11.3. The average molecular weight is 484 g/mol. The summed E-state index contributed by atoms with van der Waals surface area (Å²) >= 11 is 12.3. The fraction of sp³-hybridized carbons (Fsp3) is 0.429. The zero-order valence-electron chi connectivity index (χ0n) is 18.8. The molecule has 1 aromatic carbocycles. The Labute approximate surface area is 196 Å². The Hall–Kier alpha value is -2.62. The number of benzene rings is 1. The number of aryl methyl sites for hydroxylation is 1. The molecule has 0 saturated carbocycles. The molecule has 0 aliphatic rings. The van der Waals surface area contributed by atoms with Gasteiger partial charge in [0.1, 0.15) is 17.4 Å². The fourth-order valence-electron chi connectivity index (χ4n) is 2.39. The molecule has 0 bridgehead atoms. The minimum absolute atomic E-state index is 0.0642. The zero-order chi connectivity index (χ0) is 24.2. The highest BCUT2D eigenvalue weighted by molar-refractivity contribution is 6.36. The van der Waals surface area contributed by atoms with Crippen molar-refractivity contribution in [3.63, 3.8) is 0 Å². The molecule has 0 saturated heterocycles. The first kappa shape index (κ1) is 25.6. The summed E-state index contributed by atoms with van der Waals surface area (Å²) in [6, 6.07) is 3.11. The van der Waals surface area contributed by atoms with Crippen LogP contribution in [0.25, 0.3) is 5.69 Å². The van der Waals surface area contributed by atoms with Crippen molar-refractivity contribution in [1.82, 2.24) is 19.7 Å². The summed E-state index contributed by atoms with van der Waals surface area (Å²) in [6.45, 7) is 11.1. The lowest BCUT2D eigenvalue weighted by Crippen LogP contribution is -2.15. The maximum atomic E-state index is 12.1. The SMILES string of the molecule is CC(C)Oc1cc(-n2nc(C(C)(C)C)oc2=O)c(Cl)cc1Cl.Cc1ncc(CO)c(N)n1. The molecule has 0 radical (unpaired) electrons. The second kappa shape index (κ2) is 10.3. The van der Waals surface area contributed by atoms with E-state index in [-0.39, 0.29) is 23.1 Å². The number of aromatic nitrogens is 4. The van der Waals surface area contributed by atoms with Gasteiger partial charge in [0.25, 0.3) is 0 Å². The molecule has 3 rings (SSSR count). The van der Waals surface area contributed by atoms with Gasteiger partial charge in [0.2, 0.25) is 5.89 Å². The van der Waals surface area contributed by atoms with Gasteiger partial charge in [-0.3, -0.25) is 0 Å². The van der Waals surface area contributed by atoms with Crippen molar-refractivity contribution in [3.05, 3.63) is 56.2 Å². The monoisotopic (exact) mass is 483 g/mol. The molecule has 0 aliphatic heterocycles. The van der Waals surface area contributed by atoms with Crippen LogP contribution in [0.15, 0.2) is 27.5 Å². The van der Waals surface area contributed by atoms with E-state index in [1.807, 2.05) is 34.6 Å². The highest BCUT2D eigenvalue weighted by atomic mass is 35.5. The van der Waals surface area contributed by atoms with E-state index in [2.05, 4.69) is 15.1 Å². The molecule has 174 valence electrons. The Balaban J connectivity index is 0.000000303. The molecule has 0 unspecified atom stereocenters. The van der Waals surface area contributed by atoms with Crippen LogP contribution in [0.3, 0.4) is 0 Å². The number of ether oxygens (including phenoxy) is 1. The highest BCUT2D eigenvalue weighted by Crippen LogP contribution is 2.33. The van der Waals surface area contributed by atoms with Gasteiger partial charge in [-0.2, -0.15) is 4.68 Å². The van der Waals surface area contributed by atoms with Crippen LogP contribution in [0.1, 0.15) is 51.9 Å². The van der Waals surface area contributed by atoms with E-state index in [4.69, 9.17) is 43.2 Å². The van der Waals surface area contributed by atoms with Gasteiger partial charge in [0.05, 0.1) is 28.4 Å². The predicted octanol–water partition coefficient (Wildman–Crippen LogP) is 4.08. The third kappa shape index (κ3) is 6.44. The van der Waals surface area contributed by atoms with Crippen LogP contribution in [0.5, 0.6) is 5.75 Å². The van der Waals surface area contributed by atoms with Gasteiger partial charge < -0.3 is 20.0 Å². The third-order valence-corrected chi connectivity index (χ3v) is 4.57. The van der Waals surface area contributed by atoms with Gasteiger partial charge in [-0.25, -0.2) is 14.8 Å². The lowest BCUT2D eigenvalue weighted by atomic mass is 9.97. The summed E-state index contributed by atoms with van der Waals surface area (Å²) < 4.78 is 11.9. The van der Waals surface area contributed by atoms with E-state index in [0.717, 1.165) is 4.68 Å². The lowest BCUT2D eigenvalue weighted by Gasteiger charge is -2.13. The number of aliphatic hydroxyl groups is 1. The molecule has 2 aromatic heterocycles. The number of anilines is 1. The Morgan fingerprint density at radius 1 is 1.25 bits per heavy atom. The quantitative estimate of drug-likeness (QED) is 0.567. The van der Waals surface area contributed by atoms with Crippen LogP contribution in [0.4, 0.5) is 5.82 Å². The third-order valence-electron chi connectivity index (χ3n) is 3.97. The molecule has 9 nitrogen and oxygen atoms in total. The molecule has 2 heterocycles. The van der Waals surface area contributed by atoms with E-state index in [9.17, 15) is 4.79 Å². The zero-order valence-corrected chi connectivity index (χ0v) is 20.3. The summed E-state index contributed by atoms with van der Waals surface area (Å²) in [6.07, 6.45) is 1.46. The first-order chi connectivity index (χ1) is 14.8. The summed E-state index contributed by atoms with van der Waals surface area (Å²) in [5.41, 5.74) is 5.97. The minimum atomic E-state index is -0.607. The van der Waals surface area contributed by atoms with Gasteiger partial charge in [-0.05, 0) is 26.8 Å². The molecule has 0 aliphatic carbocycles. The Morgan fingerprint density at radius 3 is 2.41 bits per heavy atom. The van der Waals surface area contributed by atoms with Gasteiger partial charge in [-0.15, -0.1) is 5.10 Å². The van der Waals surface area contributed by atoms with Gasteiger partial charge in [0, 0.05) is 23.2 Å². The second-order valence-corrected chi connectivity index (χ2v) is 9.04. The Kier molecular flexibility index (Phi) is 8.28. The van der Waals surface area contributed by atoms with Crippen LogP contribution in [-0.4, -0.2) is 31.0 Å². The van der Waals surface area contributed by atoms with E-state index >= 15 is 0 Å².